The summed E-state index contributed by atoms with van der Waals surface area (Å²) in [5.74, 6) is -0.0769. The van der Waals surface area contributed by atoms with Crippen LogP contribution < -0.4 is 10.1 Å². The highest BCUT2D eigenvalue weighted by atomic mass is 79.9. The lowest BCUT2D eigenvalue weighted by Crippen LogP contribution is -2.08. The zero-order valence-corrected chi connectivity index (χ0v) is 13.3. The highest BCUT2D eigenvalue weighted by Crippen LogP contribution is 2.27. The molecule has 2 aromatic rings. The minimum Gasteiger partial charge on any atom is -0.494 e. The monoisotopic (exact) mass is 337 g/mol. The molecule has 2 nitrogen and oxygen atoms in total. The van der Waals surface area contributed by atoms with E-state index in [9.17, 15) is 4.39 Å². The molecular formula is C16H17BrFNO. The Bertz CT molecular complexity index is 615. The first-order valence-corrected chi connectivity index (χ1v) is 7.16. The average Bonchev–Trinajstić information content (AvgIpc) is 2.42. The molecule has 20 heavy (non-hydrogen) atoms. The van der Waals surface area contributed by atoms with E-state index in [0.29, 0.717) is 0 Å². The zero-order valence-electron chi connectivity index (χ0n) is 11.7. The van der Waals surface area contributed by atoms with Crippen LogP contribution in [0, 0.1) is 12.7 Å². The van der Waals surface area contributed by atoms with E-state index >= 15 is 0 Å². The van der Waals surface area contributed by atoms with Gasteiger partial charge >= 0.3 is 0 Å². The molecular weight excluding hydrogens is 321 g/mol. The SMILES string of the molecule is COc1cc(C(C)Nc2ccc(Br)cc2C)ccc1F. The number of nitrogens with one attached hydrogen (secondary N) is 1. The highest BCUT2D eigenvalue weighted by molar-refractivity contribution is 9.10. The van der Waals surface area contributed by atoms with Crippen LogP contribution in [0.2, 0.25) is 0 Å². The van der Waals surface area contributed by atoms with Gasteiger partial charge in [0.05, 0.1) is 7.11 Å². The molecule has 0 amide bonds. The van der Waals surface area contributed by atoms with E-state index in [0.717, 1.165) is 21.3 Å². The Morgan fingerprint density at radius 2 is 1.95 bits per heavy atom. The molecule has 2 aromatic carbocycles. The molecule has 0 aliphatic rings. The van der Waals surface area contributed by atoms with Gasteiger partial charge in [-0.2, -0.15) is 0 Å². The molecule has 0 heterocycles. The third kappa shape index (κ3) is 3.31. The van der Waals surface area contributed by atoms with Crippen molar-refractivity contribution in [3.05, 3.63) is 57.8 Å². The normalized spacial score (nSPS) is 12.1. The van der Waals surface area contributed by atoms with E-state index in [4.69, 9.17) is 4.74 Å². The fraction of sp³-hybridized carbons (Fsp3) is 0.250. The van der Waals surface area contributed by atoms with E-state index in [2.05, 4.69) is 27.3 Å². The third-order valence-corrected chi connectivity index (χ3v) is 3.73. The predicted octanol–water partition coefficient (Wildman–Crippen LogP) is 5.08. The zero-order chi connectivity index (χ0) is 14.7. The number of hydrogen-bond donors (Lipinski definition) is 1. The molecule has 0 spiro atoms. The molecule has 0 saturated heterocycles. The van der Waals surface area contributed by atoms with Crippen LogP contribution in [0.25, 0.3) is 0 Å². The first kappa shape index (κ1) is 14.9. The maximum atomic E-state index is 13.4. The van der Waals surface area contributed by atoms with Gasteiger partial charge in [0.25, 0.3) is 0 Å². The minimum absolute atomic E-state index is 0.0596. The Kier molecular flexibility index (Phi) is 4.65. The van der Waals surface area contributed by atoms with Gasteiger partial charge in [0, 0.05) is 16.2 Å². The van der Waals surface area contributed by atoms with Crippen LogP contribution in [0.5, 0.6) is 5.75 Å². The van der Waals surface area contributed by atoms with Gasteiger partial charge in [0.1, 0.15) is 0 Å². The second kappa shape index (κ2) is 6.27. The molecule has 2 rings (SSSR count). The Morgan fingerprint density at radius 3 is 2.60 bits per heavy atom. The fourth-order valence-corrected chi connectivity index (χ4v) is 2.53. The van der Waals surface area contributed by atoms with Gasteiger partial charge in [-0.1, -0.05) is 22.0 Å². The van der Waals surface area contributed by atoms with Gasteiger partial charge in [-0.25, -0.2) is 4.39 Å². The largest absolute Gasteiger partial charge is 0.494 e. The average molecular weight is 338 g/mol. The Morgan fingerprint density at radius 1 is 1.20 bits per heavy atom. The summed E-state index contributed by atoms with van der Waals surface area (Å²) in [7, 11) is 1.47. The maximum absolute atomic E-state index is 13.4. The Balaban J connectivity index is 2.21. The molecule has 0 aliphatic heterocycles. The standard InChI is InChI=1S/C16H17BrFNO/c1-10-8-13(17)5-7-15(10)19-11(2)12-4-6-14(18)16(9-12)20-3/h4-9,11,19H,1-3H3. The highest BCUT2D eigenvalue weighted by Gasteiger charge is 2.10. The van der Waals surface area contributed by atoms with E-state index in [1.165, 1.54) is 13.2 Å². The topological polar surface area (TPSA) is 21.3 Å². The van der Waals surface area contributed by atoms with E-state index < -0.39 is 0 Å². The molecule has 1 unspecified atom stereocenters. The minimum atomic E-state index is -0.344. The van der Waals surface area contributed by atoms with Crippen molar-refractivity contribution < 1.29 is 9.13 Å². The fourth-order valence-electron chi connectivity index (χ4n) is 2.05. The molecule has 0 radical (unpaired) electrons. The summed E-state index contributed by atoms with van der Waals surface area (Å²) in [5, 5.41) is 3.43. The van der Waals surface area contributed by atoms with Crippen LogP contribution in [-0.2, 0) is 0 Å². The summed E-state index contributed by atoms with van der Waals surface area (Å²) >= 11 is 3.45. The van der Waals surface area contributed by atoms with Crippen molar-refractivity contribution in [1.29, 1.82) is 0 Å². The molecule has 4 heteroatoms. The van der Waals surface area contributed by atoms with Crippen molar-refractivity contribution in [2.45, 2.75) is 19.9 Å². The van der Waals surface area contributed by atoms with Gasteiger partial charge in [0.15, 0.2) is 11.6 Å². The van der Waals surface area contributed by atoms with Crippen molar-refractivity contribution in [1.82, 2.24) is 0 Å². The van der Waals surface area contributed by atoms with Crippen LogP contribution >= 0.6 is 15.9 Å². The quantitative estimate of drug-likeness (QED) is 0.840. The number of ether oxygens (including phenoxy) is 1. The number of rotatable bonds is 4. The van der Waals surface area contributed by atoms with Crippen LogP contribution in [0.15, 0.2) is 40.9 Å². The van der Waals surface area contributed by atoms with Crippen LogP contribution in [0.4, 0.5) is 10.1 Å². The first-order valence-electron chi connectivity index (χ1n) is 6.37. The molecule has 0 aromatic heterocycles. The first-order chi connectivity index (χ1) is 9.51. The van der Waals surface area contributed by atoms with Gasteiger partial charge in [-0.3, -0.25) is 0 Å². The van der Waals surface area contributed by atoms with Crippen molar-refractivity contribution >= 4 is 21.6 Å². The van der Waals surface area contributed by atoms with Crippen LogP contribution in [0.3, 0.4) is 0 Å². The molecule has 0 bridgehead atoms. The molecule has 1 N–H and O–H groups in total. The van der Waals surface area contributed by atoms with Crippen molar-refractivity contribution in [2.75, 3.05) is 12.4 Å². The summed E-state index contributed by atoms with van der Waals surface area (Å²) in [6, 6.07) is 11.1. The third-order valence-electron chi connectivity index (χ3n) is 3.24. The molecule has 0 fully saturated rings. The van der Waals surface area contributed by atoms with E-state index in [-0.39, 0.29) is 17.6 Å². The molecule has 0 saturated carbocycles. The maximum Gasteiger partial charge on any atom is 0.165 e. The summed E-state index contributed by atoms with van der Waals surface area (Å²) in [4.78, 5) is 0. The summed E-state index contributed by atoms with van der Waals surface area (Å²) in [5.41, 5.74) is 3.19. The molecule has 0 aliphatic carbocycles. The summed E-state index contributed by atoms with van der Waals surface area (Å²) < 4.78 is 19.5. The van der Waals surface area contributed by atoms with Crippen LogP contribution in [0.1, 0.15) is 24.1 Å². The van der Waals surface area contributed by atoms with E-state index in [1.807, 2.05) is 26.0 Å². The van der Waals surface area contributed by atoms with Gasteiger partial charge in [0.2, 0.25) is 0 Å². The lowest BCUT2D eigenvalue weighted by molar-refractivity contribution is 0.385. The lowest BCUT2D eigenvalue weighted by atomic mass is 10.1. The lowest BCUT2D eigenvalue weighted by Gasteiger charge is -2.18. The second-order valence-corrected chi connectivity index (χ2v) is 5.63. The van der Waals surface area contributed by atoms with Crippen LogP contribution in [-0.4, -0.2) is 7.11 Å². The van der Waals surface area contributed by atoms with Crippen molar-refractivity contribution in [3.63, 3.8) is 0 Å². The van der Waals surface area contributed by atoms with E-state index in [1.54, 1.807) is 12.1 Å². The molecule has 106 valence electrons. The Hall–Kier alpha value is -1.55. The number of anilines is 1. The van der Waals surface area contributed by atoms with Gasteiger partial charge in [-0.05, 0) is 55.3 Å². The number of halogens is 2. The smallest absolute Gasteiger partial charge is 0.165 e. The predicted molar refractivity (Wildman–Crippen MR) is 83.9 cm³/mol. The summed E-state index contributed by atoms with van der Waals surface area (Å²) in [6.45, 7) is 4.08. The molecule has 1 atom stereocenters. The number of hydrogen-bond acceptors (Lipinski definition) is 2. The number of benzene rings is 2. The number of aryl methyl sites for hydroxylation is 1. The van der Waals surface area contributed by atoms with Crippen molar-refractivity contribution in [3.8, 4) is 5.75 Å². The Labute approximate surface area is 127 Å². The summed E-state index contributed by atoms with van der Waals surface area (Å²) in [6.07, 6.45) is 0. The second-order valence-electron chi connectivity index (χ2n) is 4.72. The number of methoxy groups -OCH3 is 1. The van der Waals surface area contributed by atoms with Gasteiger partial charge in [-0.15, -0.1) is 0 Å². The van der Waals surface area contributed by atoms with Crippen molar-refractivity contribution in [2.24, 2.45) is 0 Å². The van der Waals surface area contributed by atoms with Gasteiger partial charge < -0.3 is 10.1 Å².